The van der Waals surface area contributed by atoms with Gasteiger partial charge < -0.3 is 10.2 Å². The molecule has 0 aromatic carbocycles. The van der Waals surface area contributed by atoms with Gasteiger partial charge in [-0.05, 0) is 38.5 Å². The van der Waals surface area contributed by atoms with Gasteiger partial charge in [0.05, 0.1) is 6.54 Å². The van der Waals surface area contributed by atoms with Crippen molar-refractivity contribution in [3.05, 3.63) is 0 Å². The van der Waals surface area contributed by atoms with E-state index in [9.17, 15) is 4.79 Å². The fourth-order valence-electron chi connectivity index (χ4n) is 2.03. The molecular weight excluding hydrogens is 188 g/mol. The molecule has 1 amide bonds. The molecule has 0 atom stereocenters. The predicted octanol–water partition coefficient (Wildman–Crippen LogP) is 1.39. The van der Waals surface area contributed by atoms with Gasteiger partial charge in [0.1, 0.15) is 0 Å². The third kappa shape index (κ3) is 3.20. The first-order chi connectivity index (χ1) is 7.29. The lowest BCUT2D eigenvalue weighted by Gasteiger charge is -2.31. The number of nitrogens with zero attached hydrogens (tertiary/aromatic N) is 1. The Kier molecular flexibility index (Phi) is 3.62. The molecule has 86 valence electrons. The number of likely N-dealkylation sites (N-methyl/N-ethyl adjacent to an activating group) is 1. The smallest absolute Gasteiger partial charge is 0.236 e. The summed E-state index contributed by atoms with van der Waals surface area (Å²) in [6.45, 7) is 4.47. The van der Waals surface area contributed by atoms with Gasteiger partial charge in [-0.1, -0.05) is 6.42 Å². The number of amides is 1. The highest BCUT2D eigenvalue weighted by atomic mass is 16.2. The molecule has 2 saturated carbocycles. The highest BCUT2D eigenvalue weighted by Crippen LogP contribution is 2.27. The maximum Gasteiger partial charge on any atom is 0.236 e. The molecule has 2 rings (SSSR count). The third-order valence-corrected chi connectivity index (χ3v) is 3.56. The van der Waals surface area contributed by atoms with Crippen LogP contribution < -0.4 is 5.32 Å². The second kappa shape index (κ2) is 4.97. The molecule has 0 bridgehead atoms. The molecule has 2 aliphatic carbocycles. The normalized spacial score (nSPS) is 21.1. The summed E-state index contributed by atoms with van der Waals surface area (Å²) in [5.41, 5.74) is 0. The number of hydrogen-bond acceptors (Lipinski definition) is 2. The van der Waals surface area contributed by atoms with Crippen molar-refractivity contribution in [1.82, 2.24) is 10.2 Å². The molecule has 0 aromatic heterocycles. The van der Waals surface area contributed by atoms with Gasteiger partial charge in [0.2, 0.25) is 5.91 Å². The molecule has 0 radical (unpaired) electrons. The lowest BCUT2D eigenvalue weighted by molar-refractivity contribution is -0.131. The Balaban J connectivity index is 1.68. The van der Waals surface area contributed by atoms with Gasteiger partial charge in [-0.25, -0.2) is 0 Å². The number of carbonyl (C=O) groups is 1. The molecule has 2 fully saturated rings. The maximum absolute atomic E-state index is 11.8. The molecule has 0 heterocycles. The minimum atomic E-state index is 0.288. The van der Waals surface area contributed by atoms with Crippen LogP contribution in [0.3, 0.4) is 0 Å². The van der Waals surface area contributed by atoms with E-state index in [1.807, 2.05) is 4.90 Å². The van der Waals surface area contributed by atoms with Crippen LogP contribution in [0, 0.1) is 5.92 Å². The lowest BCUT2D eigenvalue weighted by atomic mass is 9.85. The zero-order chi connectivity index (χ0) is 10.7. The van der Waals surface area contributed by atoms with Gasteiger partial charge >= 0.3 is 0 Å². The molecule has 2 aliphatic rings. The SMILES string of the molecule is CCN(CC1CCC1)C(=O)CNC1CC1. The van der Waals surface area contributed by atoms with E-state index >= 15 is 0 Å². The molecule has 0 aromatic rings. The Hall–Kier alpha value is -0.570. The van der Waals surface area contributed by atoms with E-state index in [0.29, 0.717) is 12.6 Å². The minimum absolute atomic E-state index is 0.288. The Morgan fingerprint density at radius 3 is 2.53 bits per heavy atom. The Labute approximate surface area is 92.2 Å². The van der Waals surface area contributed by atoms with E-state index in [2.05, 4.69) is 12.2 Å². The summed E-state index contributed by atoms with van der Waals surface area (Å²) >= 11 is 0. The molecular formula is C12H22N2O. The molecule has 0 saturated heterocycles. The van der Waals surface area contributed by atoms with Crippen molar-refractivity contribution in [2.24, 2.45) is 5.92 Å². The van der Waals surface area contributed by atoms with E-state index in [0.717, 1.165) is 19.0 Å². The van der Waals surface area contributed by atoms with Crippen LogP contribution >= 0.6 is 0 Å². The van der Waals surface area contributed by atoms with Crippen molar-refractivity contribution < 1.29 is 4.79 Å². The van der Waals surface area contributed by atoms with Crippen molar-refractivity contribution in [3.63, 3.8) is 0 Å². The lowest BCUT2D eigenvalue weighted by Crippen LogP contribution is -2.42. The van der Waals surface area contributed by atoms with Gasteiger partial charge in [0.25, 0.3) is 0 Å². The first kappa shape index (κ1) is 10.9. The molecule has 1 N–H and O–H groups in total. The Morgan fingerprint density at radius 1 is 1.33 bits per heavy atom. The Morgan fingerprint density at radius 2 is 2.07 bits per heavy atom. The van der Waals surface area contributed by atoms with Gasteiger partial charge in [0, 0.05) is 19.1 Å². The number of rotatable bonds is 6. The fraction of sp³-hybridized carbons (Fsp3) is 0.917. The summed E-state index contributed by atoms with van der Waals surface area (Å²) in [4.78, 5) is 13.9. The van der Waals surface area contributed by atoms with Crippen LogP contribution in [0.4, 0.5) is 0 Å². The van der Waals surface area contributed by atoms with Crippen LogP contribution in [0.2, 0.25) is 0 Å². The van der Waals surface area contributed by atoms with E-state index in [-0.39, 0.29) is 5.91 Å². The largest absolute Gasteiger partial charge is 0.342 e. The predicted molar refractivity (Wildman–Crippen MR) is 60.6 cm³/mol. The molecule has 15 heavy (non-hydrogen) atoms. The summed E-state index contributed by atoms with van der Waals surface area (Å²) in [7, 11) is 0. The van der Waals surface area contributed by atoms with Crippen LogP contribution in [0.5, 0.6) is 0 Å². The van der Waals surface area contributed by atoms with Gasteiger partial charge in [0.15, 0.2) is 0 Å². The zero-order valence-corrected chi connectivity index (χ0v) is 9.67. The molecule has 0 unspecified atom stereocenters. The third-order valence-electron chi connectivity index (χ3n) is 3.56. The Bertz CT molecular complexity index is 222. The van der Waals surface area contributed by atoms with Crippen LogP contribution in [0.15, 0.2) is 0 Å². The number of hydrogen-bond donors (Lipinski definition) is 1. The standard InChI is InChI=1S/C12H22N2O/c1-2-14(9-10-4-3-5-10)12(15)8-13-11-6-7-11/h10-11,13H,2-9H2,1H3. The molecule has 3 nitrogen and oxygen atoms in total. The van der Waals surface area contributed by atoms with E-state index in [4.69, 9.17) is 0 Å². The fourth-order valence-corrected chi connectivity index (χ4v) is 2.03. The zero-order valence-electron chi connectivity index (χ0n) is 9.67. The maximum atomic E-state index is 11.8. The van der Waals surface area contributed by atoms with Gasteiger partial charge in [-0.2, -0.15) is 0 Å². The van der Waals surface area contributed by atoms with E-state index < -0.39 is 0 Å². The first-order valence-corrected chi connectivity index (χ1v) is 6.30. The summed E-state index contributed by atoms with van der Waals surface area (Å²) < 4.78 is 0. The van der Waals surface area contributed by atoms with Gasteiger partial charge in [-0.15, -0.1) is 0 Å². The number of nitrogens with one attached hydrogen (secondary N) is 1. The summed E-state index contributed by atoms with van der Waals surface area (Å²) in [6, 6.07) is 0.636. The van der Waals surface area contributed by atoms with Crippen LogP contribution in [0.25, 0.3) is 0 Å². The van der Waals surface area contributed by atoms with Crippen molar-refractivity contribution in [3.8, 4) is 0 Å². The first-order valence-electron chi connectivity index (χ1n) is 6.30. The van der Waals surface area contributed by atoms with Crippen molar-refractivity contribution in [2.75, 3.05) is 19.6 Å². The second-order valence-corrected chi connectivity index (χ2v) is 4.88. The highest BCUT2D eigenvalue weighted by molar-refractivity contribution is 5.78. The minimum Gasteiger partial charge on any atom is -0.342 e. The van der Waals surface area contributed by atoms with E-state index in [1.165, 1.54) is 32.1 Å². The van der Waals surface area contributed by atoms with Gasteiger partial charge in [-0.3, -0.25) is 4.79 Å². The van der Waals surface area contributed by atoms with Crippen LogP contribution in [-0.2, 0) is 4.79 Å². The van der Waals surface area contributed by atoms with E-state index in [1.54, 1.807) is 0 Å². The van der Waals surface area contributed by atoms with Crippen molar-refractivity contribution >= 4 is 5.91 Å². The summed E-state index contributed by atoms with van der Waals surface area (Å²) in [6.07, 6.45) is 6.50. The monoisotopic (exact) mass is 210 g/mol. The van der Waals surface area contributed by atoms with Crippen molar-refractivity contribution in [2.45, 2.75) is 45.1 Å². The second-order valence-electron chi connectivity index (χ2n) is 4.88. The summed E-state index contributed by atoms with van der Waals surface area (Å²) in [5.74, 6) is 1.08. The average Bonchev–Trinajstić information content (AvgIpc) is 2.96. The van der Waals surface area contributed by atoms with Crippen molar-refractivity contribution in [1.29, 1.82) is 0 Å². The number of carbonyl (C=O) groups excluding carboxylic acids is 1. The average molecular weight is 210 g/mol. The van der Waals surface area contributed by atoms with Crippen LogP contribution in [-0.4, -0.2) is 36.5 Å². The molecule has 0 spiro atoms. The molecule has 3 heteroatoms. The highest BCUT2D eigenvalue weighted by Gasteiger charge is 2.25. The topological polar surface area (TPSA) is 32.3 Å². The molecule has 0 aliphatic heterocycles. The summed E-state index contributed by atoms with van der Waals surface area (Å²) in [5, 5.41) is 3.29. The van der Waals surface area contributed by atoms with Crippen LogP contribution in [0.1, 0.15) is 39.0 Å². The quantitative estimate of drug-likeness (QED) is 0.718.